The summed E-state index contributed by atoms with van der Waals surface area (Å²) < 4.78 is 19.2. The summed E-state index contributed by atoms with van der Waals surface area (Å²) in [5.41, 5.74) is 2.79. The van der Waals surface area contributed by atoms with Crippen molar-refractivity contribution < 1.29 is 8.81 Å². The predicted molar refractivity (Wildman–Crippen MR) is 81.8 cm³/mol. The van der Waals surface area contributed by atoms with E-state index in [0.29, 0.717) is 15.6 Å². The highest BCUT2D eigenvalue weighted by Crippen LogP contribution is 2.27. The first kappa shape index (κ1) is 14.0. The number of halogens is 2. The van der Waals surface area contributed by atoms with Crippen LogP contribution in [-0.2, 0) is 0 Å². The highest BCUT2D eigenvalue weighted by molar-refractivity contribution is 9.10. The van der Waals surface area contributed by atoms with Gasteiger partial charge in [-0.2, -0.15) is 0 Å². The second-order valence-corrected chi connectivity index (χ2v) is 5.52. The zero-order valence-corrected chi connectivity index (χ0v) is 12.7. The average Bonchev–Trinajstić information content (AvgIpc) is 2.83. The van der Waals surface area contributed by atoms with E-state index in [-0.39, 0.29) is 11.9 Å². The zero-order valence-electron chi connectivity index (χ0n) is 11.1. The van der Waals surface area contributed by atoms with E-state index >= 15 is 0 Å². The molecule has 1 unspecified atom stereocenters. The second kappa shape index (κ2) is 5.46. The minimum Gasteiger partial charge on any atom is -0.408 e. The fraction of sp³-hybridized carbons (Fsp3) is 0.133. The largest absolute Gasteiger partial charge is 0.417 e. The summed E-state index contributed by atoms with van der Waals surface area (Å²) in [6, 6.07) is 10.2. The molecule has 1 aromatic heterocycles. The van der Waals surface area contributed by atoms with Crippen molar-refractivity contribution in [2.75, 3.05) is 7.05 Å². The summed E-state index contributed by atoms with van der Waals surface area (Å²) >= 11 is 3.14. The summed E-state index contributed by atoms with van der Waals surface area (Å²) in [4.78, 5) is 13.8. The van der Waals surface area contributed by atoms with E-state index in [2.05, 4.69) is 26.2 Å². The number of hydrogen-bond donors (Lipinski definition) is 2. The number of nitrogens with one attached hydrogen (secondary N) is 2. The van der Waals surface area contributed by atoms with Crippen molar-refractivity contribution in [2.45, 2.75) is 6.04 Å². The molecule has 21 heavy (non-hydrogen) atoms. The molecule has 0 aliphatic rings. The Hall–Kier alpha value is -1.92. The van der Waals surface area contributed by atoms with Crippen LogP contribution in [0.1, 0.15) is 17.2 Å². The molecule has 2 N–H and O–H groups in total. The number of rotatable bonds is 3. The zero-order chi connectivity index (χ0) is 15.0. The fourth-order valence-electron chi connectivity index (χ4n) is 2.36. The number of aromatic nitrogens is 1. The van der Waals surface area contributed by atoms with Crippen LogP contribution in [-0.4, -0.2) is 12.0 Å². The van der Waals surface area contributed by atoms with Crippen molar-refractivity contribution in [1.29, 1.82) is 0 Å². The Balaban J connectivity index is 2.08. The molecular formula is C15H12BrFN2O2. The van der Waals surface area contributed by atoms with E-state index in [4.69, 9.17) is 4.42 Å². The summed E-state index contributed by atoms with van der Waals surface area (Å²) in [7, 11) is 1.79. The Morgan fingerprint density at radius 1 is 1.24 bits per heavy atom. The Kier molecular flexibility index (Phi) is 3.65. The quantitative estimate of drug-likeness (QED) is 0.761. The van der Waals surface area contributed by atoms with Gasteiger partial charge >= 0.3 is 5.76 Å². The lowest BCUT2D eigenvalue weighted by Gasteiger charge is -2.17. The number of hydrogen-bond acceptors (Lipinski definition) is 3. The third-order valence-electron chi connectivity index (χ3n) is 3.34. The maximum absolute atomic E-state index is 13.7. The molecule has 0 aliphatic heterocycles. The van der Waals surface area contributed by atoms with Crippen LogP contribution >= 0.6 is 15.9 Å². The molecule has 4 nitrogen and oxygen atoms in total. The van der Waals surface area contributed by atoms with Gasteiger partial charge in [-0.05, 0) is 58.4 Å². The normalized spacial score (nSPS) is 12.7. The molecular weight excluding hydrogens is 339 g/mol. The molecule has 1 atom stereocenters. The number of aromatic amines is 1. The van der Waals surface area contributed by atoms with E-state index in [9.17, 15) is 9.18 Å². The van der Waals surface area contributed by atoms with Crippen molar-refractivity contribution in [3.8, 4) is 0 Å². The minimum absolute atomic E-state index is 0.197. The van der Waals surface area contributed by atoms with Crippen molar-refractivity contribution in [1.82, 2.24) is 10.3 Å². The molecule has 0 saturated heterocycles. The molecule has 1 heterocycles. The molecule has 0 saturated carbocycles. The first-order valence-corrected chi connectivity index (χ1v) is 7.13. The monoisotopic (exact) mass is 350 g/mol. The van der Waals surface area contributed by atoms with Gasteiger partial charge in [0.05, 0.1) is 16.0 Å². The first-order valence-electron chi connectivity index (χ1n) is 6.33. The summed E-state index contributed by atoms with van der Waals surface area (Å²) in [6.07, 6.45) is 0. The third-order valence-corrected chi connectivity index (χ3v) is 3.99. The van der Waals surface area contributed by atoms with Gasteiger partial charge in [0.15, 0.2) is 5.58 Å². The van der Waals surface area contributed by atoms with E-state index < -0.39 is 5.76 Å². The predicted octanol–water partition coefficient (Wildman–Crippen LogP) is 3.33. The van der Waals surface area contributed by atoms with Gasteiger partial charge in [0, 0.05) is 0 Å². The second-order valence-electron chi connectivity index (χ2n) is 4.67. The minimum atomic E-state index is -0.488. The summed E-state index contributed by atoms with van der Waals surface area (Å²) in [5, 5.41) is 3.14. The molecule has 3 aromatic rings. The summed E-state index contributed by atoms with van der Waals surface area (Å²) in [5.74, 6) is -0.806. The Labute approximate surface area is 128 Å². The van der Waals surface area contributed by atoms with Crippen molar-refractivity contribution >= 4 is 27.0 Å². The highest BCUT2D eigenvalue weighted by Gasteiger charge is 2.15. The van der Waals surface area contributed by atoms with Crippen molar-refractivity contribution in [3.05, 3.63) is 68.4 Å². The van der Waals surface area contributed by atoms with Gasteiger partial charge in [-0.3, -0.25) is 4.98 Å². The van der Waals surface area contributed by atoms with Crippen LogP contribution in [0.25, 0.3) is 11.1 Å². The fourth-order valence-corrected chi connectivity index (χ4v) is 2.61. The van der Waals surface area contributed by atoms with E-state index in [0.717, 1.165) is 11.1 Å². The number of H-pyrrole nitrogens is 1. The average molecular weight is 351 g/mol. The van der Waals surface area contributed by atoms with Gasteiger partial charge < -0.3 is 9.73 Å². The van der Waals surface area contributed by atoms with Gasteiger partial charge in [0.1, 0.15) is 5.82 Å². The lowest BCUT2D eigenvalue weighted by Crippen LogP contribution is -2.17. The number of oxazole rings is 1. The molecule has 0 radical (unpaired) electrons. The molecule has 0 fully saturated rings. The maximum atomic E-state index is 13.7. The molecule has 0 bridgehead atoms. The molecule has 0 aliphatic carbocycles. The van der Waals surface area contributed by atoms with Crippen LogP contribution in [0.15, 0.2) is 50.1 Å². The van der Waals surface area contributed by atoms with Crippen LogP contribution in [0, 0.1) is 5.82 Å². The molecule has 108 valence electrons. The maximum Gasteiger partial charge on any atom is 0.417 e. The van der Waals surface area contributed by atoms with E-state index in [1.165, 1.54) is 6.07 Å². The Morgan fingerprint density at radius 3 is 2.67 bits per heavy atom. The van der Waals surface area contributed by atoms with E-state index in [1.54, 1.807) is 25.2 Å². The standard InChI is InChI=1S/C15H12BrFN2O2/c1-18-14(8-2-4-10(16)11(17)6-8)9-3-5-12-13(7-9)21-15(20)19-12/h2-7,14,18H,1H3,(H,19,20). The van der Waals surface area contributed by atoms with Crippen LogP contribution in [0.2, 0.25) is 0 Å². The Bertz CT molecular complexity index is 856. The van der Waals surface area contributed by atoms with Gasteiger partial charge in [0.2, 0.25) is 0 Å². The van der Waals surface area contributed by atoms with Crippen LogP contribution in [0.4, 0.5) is 4.39 Å². The molecule has 6 heteroatoms. The van der Waals surface area contributed by atoms with Crippen LogP contribution in [0.5, 0.6) is 0 Å². The first-order chi connectivity index (χ1) is 10.1. The molecule has 0 amide bonds. The lowest BCUT2D eigenvalue weighted by atomic mass is 9.98. The summed E-state index contributed by atoms with van der Waals surface area (Å²) in [6.45, 7) is 0. The molecule has 0 spiro atoms. The smallest absolute Gasteiger partial charge is 0.408 e. The highest BCUT2D eigenvalue weighted by atomic mass is 79.9. The third kappa shape index (κ3) is 2.64. The van der Waals surface area contributed by atoms with Gasteiger partial charge in [-0.25, -0.2) is 9.18 Å². The van der Waals surface area contributed by atoms with Crippen LogP contribution < -0.4 is 11.1 Å². The number of benzene rings is 2. The Morgan fingerprint density at radius 2 is 1.95 bits per heavy atom. The van der Waals surface area contributed by atoms with Crippen molar-refractivity contribution in [2.24, 2.45) is 0 Å². The van der Waals surface area contributed by atoms with Gasteiger partial charge in [-0.15, -0.1) is 0 Å². The molecule has 2 aromatic carbocycles. The van der Waals surface area contributed by atoms with E-state index in [1.807, 2.05) is 12.1 Å². The number of fused-ring (bicyclic) bond motifs is 1. The molecule has 3 rings (SSSR count). The van der Waals surface area contributed by atoms with Gasteiger partial charge in [0.25, 0.3) is 0 Å². The van der Waals surface area contributed by atoms with Gasteiger partial charge in [-0.1, -0.05) is 12.1 Å². The van der Waals surface area contributed by atoms with Crippen LogP contribution in [0.3, 0.4) is 0 Å². The lowest BCUT2D eigenvalue weighted by molar-refractivity contribution is 0.554. The topological polar surface area (TPSA) is 58.0 Å². The SMILES string of the molecule is CNC(c1ccc(Br)c(F)c1)c1ccc2[nH]c(=O)oc2c1. The van der Waals surface area contributed by atoms with Crippen molar-refractivity contribution in [3.63, 3.8) is 0 Å².